The maximum Gasteiger partial charge on any atom is 0.0970 e. The third-order valence-electron chi connectivity index (χ3n) is 5.60. The Labute approximate surface area is 141 Å². The van der Waals surface area contributed by atoms with Crippen LogP contribution in [0, 0.1) is 0 Å². The lowest BCUT2D eigenvalue weighted by atomic mass is 9.99. The highest BCUT2D eigenvalue weighted by Crippen LogP contribution is 2.42. The van der Waals surface area contributed by atoms with E-state index in [1.54, 1.807) is 12.4 Å². The molecular weight excluding hydrogens is 298 g/mol. The number of nitrogens with zero attached hydrogens (tertiary/aromatic N) is 2. The van der Waals surface area contributed by atoms with Crippen LogP contribution in [0.5, 0.6) is 0 Å². The fourth-order valence-electron chi connectivity index (χ4n) is 4.51. The number of nitrogens with one attached hydrogen (secondary N) is 1. The van der Waals surface area contributed by atoms with Gasteiger partial charge in [-0.15, -0.1) is 0 Å². The second kappa shape index (κ2) is 5.43. The standard InChI is InChI=1S/C20H21N3O/c24-19(13-7-9-21-10-8-13)12-23-17-4-2-1-3-15(17)20-16-6-5-14(22-16)11-18(20)23/h1-4,7-10,14,16,19,22,24H,5-6,11-12H2. The molecule has 3 aromatic rings. The Kier molecular flexibility index (Phi) is 3.21. The van der Waals surface area contributed by atoms with Crippen LogP contribution in [0.3, 0.4) is 0 Å². The smallest absolute Gasteiger partial charge is 0.0970 e. The molecule has 0 saturated carbocycles. The van der Waals surface area contributed by atoms with Crippen molar-refractivity contribution in [3.63, 3.8) is 0 Å². The van der Waals surface area contributed by atoms with Crippen molar-refractivity contribution in [1.29, 1.82) is 0 Å². The fourth-order valence-corrected chi connectivity index (χ4v) is 4.51. The summed E-state index contributed by atoms with van der Waals surface area (Å²) in [5.74, 6) is 0. The molecule has 0 radical (unpaired) electrons. The highest BCUT2D eigenvalue weighted by atomic mass is 16.3. The van der Waals surface area contributed by atoms with E-state index in [1.807, 2.05) is 12.1 Å². The van der Waals surface area contributed by atoms with E-state index in [-0.39, 0.29) is 0 Å². The van der Waals surface area contributed by atoms with E-state index in [9.17, 15) is 5.11 Å². The van der Waals surface area contributed by atoms with Crippen LogP contribution < -0.4 is 5.32 Å². The van der Waals surface area contributed by atoms with Gasteiger partial charge in [-0.25, -0.2) is 0 Å². The highest BCUT2D eigenvalue weighted by Gasteiger charge is 2.36. The molecule has 24 heavy (non-hydrogen) atoms. The Balaban J connectivity index is 1.62. The van der Waals surface area contributed by atoms with E-state index in [1.165, 1.54) is 35.0 Å². The zero-order valence-corrected chi connectivity index (χ0v) is 13.5. The van der Waals surface area contributed by atoms with E-state index < -0.39 is 6.10 Å². The number of pyridine rings is 1. The van der Waals surface area contributed by atoms with Gasteiger partial charge >= 0.3 is 0 Å². The Morgan fingerprint density at radius 3 is 2.88 bits per heavy atom. The summed E-state index contributed by atoms with van der Waals surface area (Å²) in [4.78, 5) is 4.05. The number of para-hydroxylation sites is 1. The second-order valence-corrected chi connectivity index (χ2v) is 6.98. The first-order chi connectivity index (χ1) is 11.8. The molecule has 4 heterocycles. The summed E-state index contributed by atoms with van der Waals surface area (Å²) < 4.78 is 2.35. The van der Waals surface area contributed by atoms with Crippen molar-refractivity contribution in [2.24, 2.45) is 0 Å². The van der Waals surface area contributed by atoms with Crippen molar-refractivity contribution in [1.82, 2.24) is 14.9 Å². The van der Waals surface area contributed by atoms with Gasteiger partial charge in [0.25, 0.3) is 0 Å². The number of hydrogen-bond donors (Lipinski definition) is 2. The summed E-state index contributed by atoms with van der Waals surface area (Å²) in [6, 6.07) is 13.5. The number of aliphatic hydroxyl groups excluding tert-OH is 1. The lowest BCUT2D eigenvalue weighted by molar-refractivity contribution is 0.156. The summed E-state index contributed by atoms with van der Waals surface area (Å²) >= 11 is 0. The molecule has 5 rings (SSSR count). The normalized spacial score (nSPS) is 23.4. The summed E-state index contributed by atoms with van der Waals surface area (Å²) in [5, 5.41) is 15.8. The first-order valence-corrected chi connectivity index (χ1v) is 8.75. The molecule has 1 saturated heterocycles. The minimum absolute atomic E-state index is 0.475. The molecule has 4 nitrogen and oxygen atoms in total. The maximum atomic E-state index is 10.7. The van der Waals surface area contributed by atoms with E-state index in [4.69, 9.17) is 0 Å². The van der Waals surface area contributed by atoms with Gasteiger partial charge in [-0.2, -0.15) is 0 Å². The molecule has 2 aromatic heterocycles. The lowest BCUT2D eigenvalue weighted by Crippen LogP contribution is -2.32. The fraction of sp³-hybridized carbons (Fsp3) is 0.350. The van der Waals surface area contributed by atoms with Gasteiger partial charge < -0.3 is 15.0 Å². The molecule has 0 spiro atoms. The molecule has 0 amide bonds. The van der Waals surface area contributed by atoms with Crippen LogP contribution in [-0.2, 0) is 13.0 Å². The first-order valence-electron chi connectivity index (χ1n) is 8.75. The Morgan fingerprint density at radius 2 is 2.00 bits per heavy atom. The summed E-state index contributed by atoms with van der Waals surface area (Å²) in [5.41, 5.74) is 5.04. The second-order valence-electron chi connectivity index (χ2n) is 6.98. The number of benzene rings is 1. The molecule has 4 heteroatoms. The van der Waals surface area contributed by atoms with E-state index in [2.05, 4.69) is 39.1 Å². The van der Waals surface area contributed by atoms with Crippen LogP contribution in [0.2, 0.25) is 0 Å². The number of rotatable bonds is 3. The Morgan fingerprint density at radius 1 is 1.17 bits per heavy atom. The maximum absolute atomic E-state index is 10.7. The van der Waals surface area contributed by atoms with Gasteiger partial charge in [0, 0.05) is 47.5 Å². The molecule has 2 aliphatic rings. The predicted octanol–water partition coefficient (Wildman–Crippen LogP) is 3.12. The minimum atomic E-state index is -0.513. The largest absolute Gasteiger partial charge is 0.387 e. The average molecular weight is 319 g/mol. The Hall–Kier alpha value is -2.17. The third-order valence-corrected chi connectivity index (χ3v) is 5.60. The van der Waals surface area contributed by atoms with Crippen LogP contribution in [0.25, 0.3) is 10.9 Å². The van der Waals surface area contributed by atoms with Gasteiger partial charge in [0.2, 0.25) is 0 Å². The third kappa shape index (κ3) is 2.10. The molecule has 122 valence electrons. The van der Waals surface area contributed by atoms with Crippen LogP contribution in [0.1, 0.15) is 41.8 Å². The van der Waals surface area contributed by atoms with Crippen molar-refractivity contribution in [3.8, 4) is 0 Å². The quantitative estimate of drug-likeness (QED) is 0.780. The molecule has 2 aliphatic heterocycles. The van der Waals surface area contributed by atoms with Crippen molar-refractivity contribution in [2.75, 3.05) is 0 Å². The van der Waals surface area contributed by atoms with Crippen LogP contribution >= 0.6 is 0 Å². The van der Waals surface area contributed by atoms with Crippen molar-refractivity contribution in [3.05, 3.63) is 65.6 Å². The molecule has 0 aliphatic carbocycles. The first kappa shape index (κ1) is 14.2. The van der Waals surface area contributed by atoms with Gasteiger partial charge in [-0.05, 0) is 42.2 Å². The molecule has 1 fully saturated rings. The van der Waals surface area contributed by atoms with Crippen LogP contribution in [0.4, 0.5) is 0 Å². The van der Waals surface area contributed by atoms with Gasteiger partial charge in [0.05, 0.1) is 12.6 Å². The number of aliphatic hydroxyl groups is 1. The van der Waals surface area contributed by atoms with Crippen molar-refractivity contribution < 1.29 is 5.11 Å². The number of hydrogen-bond acceptors (Lipinski definition) is 3. The van der Waals surface area contributed by atoms with Gasteiger partial charge in [0.1, 0.15) is 0 Å². The summed E-state index contributed by atoms with van der Waals surface area (Å²) in [6.45, 7) is 0.597. The van der Waals surface area contributed by atoms with Gasteiger partial charge in [-0.3, -0.25) is 4.98 Å². The van der Waals surface area contributed by atoms with E-state index in [0.717, 1.165) is 12.0 Å². The van der Waals surface area contributed by atoms with Gasteiger partial charge in [-0.1, -0.05) is 18.2 Å². The molecule has 2 bridgehead atoms. The van der Waals surface area contributed by atoms with Crippen molar-refractivity contribution >= 4 is 10.9 Å². The zero-order chi connectivity index (χ0) is 16.1. The van der Waals surface area contributed by atoms with Crippen LogP contribution in [-0.4, -0.2) is 20.7 Å². The number of aromatic nitrogens is 2. The van der Waals surface area contributed by atoms with E-state index >= 15 is 0 Å². The molecule has 3 unspecified atom stereocenters. The SMILES string of the molecule is OC(Cn1c2c(c3ccccc31)C1CCC(C2)N1)c1ccncc1. The monoisotopic (exact) mass is 319 g/mol. The van der Waals surface area contributed by atoms with Gasteiger partial charge in [0.15, 0.2) is 0 Å². The number of fused-ring (bicyclic) bond motifs is 6. The minimum Gasteiger partial charge on any atom is -0.387 e. The zero-order valence-electron chi connectivity index (χ0n) is 13.5. The van der Waals surface area contributed by atoms with E-state index in [0.29, 0.717) is 18.6 Å². The molecule has 3 atom stereocenters. The lowest BCUT2D eigenvalue weighted by Gasteiger charge is -2.25. The highest BCUT2D eigenvalue weighted by molar-refractivity contribution is 5.86. The van der Waals surface area contributed by atoms with Crippen LogP contribution in [0.15, 0.2) is 48.8 Å². The molecule has 1 aromatic carbocycles. The predicted molar refractivity (Wildman–Crippen MR) is 93.7 cm³/mol. The molecular formula is C20H21N3O. The summed E-state index contributed by atoms with van der Waals surface area (Å²) in [6.07, 6.45) is 6.50. The molecule has 2 N–H and O–H groups in total. The average Bonchev–Trinajstić information content (AvgIpc) is 3.16. The van der Waals surface area contributed by atoms with Crippen molar-refractivity contribution in [2.45, 2.75) is 44.0 Å². The Bertz CT molecular complexity index is 887. The summed E-state index contributed by atoms with van der Waals surface area (Å²) in [7, 11) is 0. The topological polar surface area (TPSA) is 50.1 Å².